The zero-order valence-electron chi connectivity index (χ0n) is 31.6. The van der Waals surface area contributed by atoms with E-state index in [0.29, 0.717) is 12.8 Å². The van der Waals surface area contributed by atoms with Crippen molar-refractivity contribution in [3.05, 3.63) is 22.8 Å². The Morgan fingerprint density at radius 2 is 1.63 bits per heavy atom. The molecule has 8 nitrogen and oxygen atoms in total. The number of carbonyl (C=O) groups excluding carboxylic acids is 4. The lowest BCUT2D eigenvalue weighted by Gasteiger charge is -2.48. The van der Waals surface area contributed by atoms with Gasteiger partial charge in [0.1, 0.15) is 23.0 Å². The molecule has 0 bridgehead atoms. The number of hydrogen-bond acceptors (Lipinski definition) is 8. The third-order valence-corrected chi connectivity index (χ3v) is 13.3. The van der Waals surface area contributed by atoms with Crippen molar-refractivity contribution in [3.63, 3.8) is 0 Å². The van der Waals surface area contributed by atoms with E-state index in [4.69, 9.17) is 14.2 Å². The van der Waals surface area contributed by atoms with Crippen LogP contribution in [-0.4, -0.2) is 65.0 Å². The number of ether oxygens (including phenoxy) is 3. The molecule has 2 heterocycles. The van der Waals surface area contributed by atoms with Gasteiger partial charge in [0, 0.05) is 42.9 Å². The van der Waals surface area contributed by atoms with Crippen LogP contribution in [0.15, 0.2) is 22.8 Å². The predicted octanol–water partition coefficient (Wildman–Crippen LogP) is 7.29. The van der Waals surface area contributed by atoms with Gasteiger partial charge >= 0.3 is 5.97 Å². The molecule has 1 saturated carbocycles. The number of esters is 1. The highest BCUT2D eigenvalue weighted by molar-refractivity contribution is 5.97. The molecule has 3 aliphatic carbocycles. The number of aliphatic hydroxyl groups excluding tert-OH is 1. The summed E-state index contributed by atoms with van der Waals surface area (Å²) >= 11 is 0. The zero-order chi connectivity index (χ0) is 36.1. The first kappa shape index (κ1) is 38.1. The van der Waals surface area contributed by atoms with Crippen molar-refractivity contribution in [2.24, 2.45) is 40.9 Å². The number of hydrogen-bond donors (Lipinski definition) is 1. The fourth-order valence-corrected chi connectivity index (χ4v) is 9.55. The summed E-state index contributed by atoms with van der Waals surface area (Å²) in [6.07, 6.45) is 7.67. The van der Waals surface area contributed by atoms with E-state index >= 15 is 0 Å². The highest BCUT2D eigenvalue weighted by Gasteiger charge is 2.62. The Kier molecular flexibility index (Phi) is 11.2. The maximum Gasteiger partial charge on any atom is 0.313 e. The highest BCUT2D eigenvalue weighted by Crippen LogP contribution is 2.57. The largest absolute Gasteiger partial charge is 0.469 e. The predicted molar refractivity (Wildman–Crippen MR) is 188 cm³/mol. The van der Waals surface area contributed by atoms with Gasteiger partial charge in [0.05, 0.1) is 36.4 Å². The molecule has 0 aromatic rings. The van der Waals surface area contributed by atoms with E-state index in [1.54, 1.807) is 0 Å². The minimum absolute atomic E-state index is 0.0166. The highest BCUT2D eigenvalue weighted by atomic mass is 16.6. The second-order valence-electron chi connectivity index (χ2n) is 17.4. The van der Waals surface area contributed by atoms with Crippen molar-refractivity contribution in [1.82, 2.24) is 0 Å². The van der Waals surface area contributed by atoms with Crippen molar-refractivity contribution in [1.29, 1.82) is 0 Å². The van der Waals surface area contributed by atoms with Crippen LogP contribution in [0.1, 0.15) is 132 Å². The molecule has 1 N–H and O–H groups in total. The fourth-order valence-electron chi connectivity index (χ4n) is 9.55. The van der Waals surface area contributed by atoms with Gasteiger partial charge in [-0.1, -0.05) is 63.3 Å². The molecule has 49 heavy (non-hydrogen) atoms. The first-order chi connectivity index (χ1) is 23.0. The molecular weight excluding hydrogens is 620 g/mol. The van der Waals surface area contributed by atoms with Gasteiger partial charge in [-0.2, -0.15) is 0 Å². The Hall–Kier alpha value is -2.16. The molecule has 8 heteroatoms. The van der Waals surface area contributed by atoms with Crippen LogP contribution in [0.3, 0.4) is 0 Å². The summed E-state index contributed by atoms with van der Waals surface area (Å²) in [7, 11) is 1.34. The topological polar surface area (TPSA) is 123 Å². The third kappa shape index (κ3) is 7.58. The lowest BCUT2D eigenvalue weighted by molar-refractivity contribution is -0.166. The Labute approximate surface area is 294 Å². The molecule has 11 atom stereocenters. The molecule has 0 aromatic heterocycles. The Balaban J connectivity index is 1.68. The van der Waals surface area contributed by atoms with Crippen molar-refractivity contribution in [2.45, 2.75) is 162 Å². The smallest absolute Gasteiger partial charge is 0.313 e. The summed E-state index contributed by atoms with van der Waals surface area (Å²) in [5.74, 6) is -2.92. The molecule has 274 valence electrons. The van der Waals surface area contributed by atoms with Crippen LogP contribution in [0.25, 0.3) is 0 Å². The minimum atomic E-state index is -1.52. The van der Waals surface area contributed by atoms with Crippen LogP contribution in [0, 0.1) is 40.9 Å². The summed E-state index contributed by atoms with van der Waals surface area (Å²) < 4.78 is 18.0. The lowest BCUT2D eigenvalue weighted by atomic mass is 9.53. The van der Waals surface area contributed by atoms with Crippen molar-refractivity contribution in [3.8, 4) is 0 Å². The summed E-state index contributed by atoms with van der Waals surface area (Å²) in [5, 5.41) is 11.8. The van der Waals surface area contributed by atoms with E-state index in [0.717, 1.165) is 61.7 Å². The summed E-state index contributed by atoms with van der Waals surface area (Å²) in [6.45, 7) is 16.1. The minimum Gasteiger partial charge on any atom is -0.469 e. The second-order valence-corrected chi connectivity index (χ2v) is 17.4. The van der Waals surface area contributed by atoms with Gasteiger partial charge in [0.2, 0.25) is 0 Å². The van der Waals surface area contributed by atoms with Crippen LogP contribution in [0.5, 0.6) is 0 Å². The summed E-state index contributed by atoms with van der Waals surface area (Å²) in [5.41, 5.74) is 0.440. The van der Waals surface area contributed by atoms with E-state index in [9.17, 15) is 24.3 Å². The number of allylic oxidation sites excluding steroid dienone is 3. The number of carbonyl (C=O) groups is 4. The fraction of sp³-hybridized carbons (Fsp3) is 0.805. The molecule has 3 fully saturated rings. The SMILES string of the molecule is COC(=O)[C@]12CC(=O)[C@H](C(C)C)CC(=O)[C@H](C)CCC[C@H](C)CC(=O)[C@@H]1CC(C)=C1C[C@H](O)[C@]3(C)O[C@@H]3CC[C@]3(C)O[C@@H]3CC/C(C)=C/[C@@H]12. The first-order valence-electron chi connectivity index (χ1n) is 19.0. The zero-order valence-corrected chi connectivity index (χ0v) is 31.6. The normalized spacial score (nSPS) is 43.9. The van der Waals surface area contributed by atoms with E-state index in [2.05, 4.69) is 26.8 Å². The summed E-state index contributed by atoms with van der Waals surface area (Å²) in [4.78, 5) is 57.4. The quantitative estimate of drug-likeness (QED) is 0.183. The van der Waals surface area contributed by atoms with Gasteiger partial charge in [-0.3, -0.25) is 19.2 Å². The van der Waals surface area contributed by atoms with Gasteiger partial charge in [0.25, 0.3) is 0 Å². The molecule has 0 aromatic carbocycles. The molecule has 0 radical (unpaired) electrons. The third-order valence-electron chi connectivity index (χ3n) is 13.3. The van der Waals surface area contributed by atoms with Crippen LogP contribution in [0.2, 0.25) is 0 Å². The number of Topliss-reactive ketones (excluding diaryl/α,β-unsaturated/α-hetero) is 3. The molecule has 0 unspecified atom stereocenters. The number of aliphatic hydroxyl groups is 1. The average molecular weight is 683 g/mol. The Bertz CT molecular complexity index is 1380. The van der Waals surface area contributed by atoms with E-state index in [1.165, 1.54) is 7.11 Å². The van der Waals surface area contributed by atoms with Gasteiger partial charge in [-0.05, 0) is 84.5 Å². The number of methoxy groups -OCH3 is 1. The monoisotopic (exact) mass is 682 g/mol. The van der Waals surface area contributed by atoms with Crippen LogP contribution >= 0.6 is 0 Å². The molecular formula is C41H62O8. The first-order valence-corrected chi connectivity index (χ1v) is 19.0. The number of ketones is 3. The van der Waals surface area contributed by atoms with E-state index in [-0.39, 0.29) is 72.2 Å². The van der Waals surface area contributed by atoms with Crippen LogP contribution < -0.4 is 0 Å². The van der Waals surface area contributed by atoms with Gasteiger partial charge in [-0.15, -0.1) is 0 Å². The van der Waals surface area contributed by atoms with Crippen molar-refractivity contribution < 1.29 is 38.5 Å². The molecule has 5 rings (SSSR count). The maximum atomic E-state index is 14.7. The average Bonchev–Trinajstić information content (AvgIpc) is 3.92. The van der Waals surface area contributed by atoms with Crippen LogP contribution in [0.4, 0.5) is 0 Å². The Morgan fingerprint density at radius 1 is 0.918 bits per heavy atom. The molecule has 0 amide bonds. The standard InChI is InChI=1S/C41H62O8/c1-23(2)28-20-32(42)26(5)12-10-11-24(3)18-33(43)31-19-27(6)29-21-35(45)40(8)37(49-40)15-16-39(7)36(48-39)14-13-25(4)17-30(29)41(31,22-34(28)44)38(46)47-9/h17,23-24,26,28,30-31,35-37,45H,10-16,18-22H2,1-9H3/b25-17+/t24-,26+,28-,30-,31-,35-,36+,37+,39-,40-,41-/m0/s1. The van der Waals surface area contributed by atoms with Gasteiger partial charge in [-0.25, -0.2) is 0 Å². The molecule has 5 aliphatic rings. The lowest BCUT2D eigenvalue weighted by Crippen LogP contribution is -2.54. The van der Waals surface area contributed by atoms with Crippen LogP contribution in [-0.2, 0) is 33.4 Å². The molecule has 2 saturated heterocycles. The summed E-state index contributed by atoms with van der Waals surface area (Å²) in [6, 6.07) is 0. The maximum absolute atomic E-state index is 14.7. The van der Waals surface area contributed by atoms with Crippen molar-refractivity contribution >= 4 is 23.3 Å². The van der Waals surface area contributed by atoms with Gasteiger partial charge in [0.15, 0.2) is 0 Å². The van der Waals surface area contributed by atoms with Gasteiger partial charge < -0.3 is 19.3 Å². The Morgan fingerprint density at radius 3 is 2.31 bits per heavy atom. The number of rotatable bonds is 2. The number of epoxide rings is 2. The van der Waals surface area contributed by atoms with Crippen molar-refractivity contribution in [2.75, 3.05) is 7.11 Å². The van der Waals surface area contributed by atoms with E-state index in [1.807, 2.05) is 34.6 Å². The molecule has 2 aliphatic heterocycles. The number of fused-ring (bicyclic) bond motifs is 5. The van der Waals surface area contributed by atoms with E-state index < -0.39 is 40.8 Å². The molecule has 0 spiro atoms. The second kappa shape index (κ2) is 14.5.